The van der Waals surface area contributed by atoms with Crippen molar-refractivity contribution < 1.29 is 14.6 Å². The summed E-state index contributed by atoms with van der Waals surface area (Å²) in [7, 11) is 0. The molecule has 0 aromatic carbocycles. The van der Waals surface area contributed by atoms with E-state index in [0.717, 1.165) is 31.6 Å². The summed E-state index contributed by atoms with van der Waals surface area (Å²) >= 11 is 0. The lowest BCUT2D eigenvalue weighted by atomic mass is 9.43. The molecular weight excluding hydrogens is 408 g/mol. The van der Waals surface area contributed by atoms with Crippen molar-refractivity contribution in [2.24, 2.45) is 58.2 Å². The fourth-order valence-corrected chi connectivity index (χ4v) is 9.29. The van der Waals surface area contributed by atoms with E-state index in [1.165, 1.54) is 32.6 Å². The minimum absolute atomic E-state index is 0.0832. The second-order valence-corrected chi connectivity index (χ2v) is 13.4. The van der Waals surface area contributed by atoms with Gasteiger partial charge in [-0.05, 0) is 110 Å². The topological polar surface area (TPSA) is 46.5 Å². The maximum atomic E-state index is 11.7. The average Bonchev–Trinajstić information content (AvgIpc) is 3.07. The Labute approximate surface area is 203 Å². The van der Waals surface area contributed by atoms with Crippen LogP contribution in [-0.2, 0) is 9.53 Å². The first-order chi connectivity index (χ1) is 15.5. The zero-order valence-corrected chi connectivity index (χ0v) is 22.3. The first-order valence-electron chi connectivity index (χ1n) is 14.0. The van der Waals surface area contributed by atoms with Crippen LogP contribution in [0.3, 0.4) is 0 Å². The zero-order chi connectivity index (χ0) is 24.1. The number of hydrogen-bond donors (Lipinski definition) is 1. The van der Waals surface area contributed by atoms with Gasteiger partial charge in [-0.3, -0.25) is 4.79 Å². The normalized spacial score (nSPS) is 47.0. The van der Waals surface area contributed by atoms with E-state index in [9.17, 15) is 9.90 Å². The number of aliphatic hydroxyl groups excluding tert-OH is 1. The second kappa shape index (κ2) is 9.32. The Morgan fingerprint density at radius 2 is 1.73 bits per heavy atom. The number of esters is 1. The summed E-state index contributed by atoms with van der Waals surface area (Å²) in [6.45, 7) is 15.9. The molecule has 4 aliphatic carbocycles. The molecule has 0 aliphatic heterocycles. The predicted molar refractivity (Wildman–Crippen MR) is 134 cm³/mol. The highest BCUT2D eigenvalue weighted by atomic mass is 16.5. The molecule has 4 saturated carbocycles. The number of hydrogen-bond acceptors (Lipinski definition) is 3. The molecule has 33 heavy (non-hydrogen) atoms. The molecule has 4 aliphatic rings. The quantitative estimate of drug-likeness (QED) is 0.355. The van der Waals surface area contributed by atoms with Crippen LogP contribution in [-0.4, -0.2) is 23.3 Å². The zero-order valence-electron chi connectivity index (χ0n) is 22.3. The van der Waals surface area contributed by atoms with Crippen LogP contribution in [0.15, 0.2) is 12.2 Å². The van der Waals surface area contributed by atoms with Gasteiger partial charge in [-0.2, -0.15) is 0 Å². The van der Waals surface area contributed by atoms with E-state index in [1.54, 1.807) is 0 Å². The van der Waals surface area contributed by atoms with E-state index in [1.807, 2.05) is 0 Å². The summed E-state index contributed by atoms with van der Waals surface area (Å²) in [6, 6.07) is 0. The van der Waals surface area contributed by atoms with Crippen molar-refractivity contribution in [3.05, 3.63) is 12.2 Å². The Morgan fingerprint density at radius 1 is 1.00 bits per heavy atom. The monoisotopic (exact) mass is 458 g/mol. The molecule has 4 rings (SSSR count). The Kier molecular flexibility index (Phi) is 7.14. The summed E-state index contributed by atoms with van der Waals surface area (Å²) in [5.41, 5.74) is 0.445. The standard InChI is InChI=1S/C30H50O3/c1-18(2)19(3)8-9-20(4)25-12-13-26-24-11-10-22-16-23(33-21(5)31)14-15-29(22,6)28(24)27(32)17-30(25,26)7/h8-9,18-20,22-28,32H,10-17H2,1-7H3/b9-8+/t19-,20+,22-,23+,24-,25+,26-,27+,28+,29-,30+/m0/s1. The van der Waals surface area contributed by atoms with E-state index in [4.69, 9.17) is 4.74 Å². The van der Waals surface area contributed by atoms with Gasteiger partial charge in [0.15, 0.2) is 0 Å². The molecule has 0 spiro atoms. The molecule has 3 heteroatoms. The lowest BCUT2D eigenvalue weighted by Gasteiger charge is -2.62. The van der Waals surface area contributed by atoms with Crippen LogP contribution in [0.25, 0.3) is 0 Å². The van der Waals surface area contributed by atoms with Crippen molar-refractivity contribution >= 4 is 5.97 Å². The first-order valence-corrected chi connectivity index (χ1v) is 14.0. The molecule has 1 N–H and O–H groups in total. The van der Waals surface area contributed by atoms with Gasteiger partial charge in [-0.15, -0.1) is 0 Å². The molecule has 3 nitrogen and oxygen atoms in total. The van der Waals surface area contributed by atoms with Crippen LogP contribution in [0.1, 0.15) is 99.8 Å². The van der Waals surface area contributed by atoms with Crippen LogP contribution in [0.2, 0.25) is 0 Å². The smallest absolute Gasteiger partial charge is 0.302 e. The second-order valence-electron chi connectivity index (χ2n) is 13.4. The summed E-state index contributed by atoms with van der Waals surface area (Å²) in [4.78, 5) is 11.5. The van der Waals surface area contributed by atoms with Crippen LogP contribution >= 0.6 is 0 Å². The summed E-state index contributed by atoms with van der Waals surface area (Å²) < 4.78 is 5.62. The number of carbonyl (C=O) groups is 1. The molecular formula is C30H50O3. The molecule has 0 unspecified atom stereocenters. The van der Waals surface area contributed by atoms with Gasteiger partial charge in [0.1, 0.15) is 6.10 Å². The van der Waals surface area contributed by atoms with Crippen molar-refractivity contribution in [2.75, 3.05) is 0 Å². The van der Waals surface area contributed by atoms with Gasteiger partial charge < -0.3 is 9.84 Å². The molecule has 0 aromatic heterocycles. The van der Waals surface area contributed by atoms with Crippen molar-refractivity contribution in [1.82, 2.24) is 0 Å². The van der Waals surface area contributed by atoms with Gasteiger partial charge in [0.2, 0.25) is 0 Å². The fraction of sp³-hybridized carbons (Fsp3) is 0.900. The van der Waals surface area contributed by atoms with E-state index < -0.39 is 0 Å². The van der Waals surface area contributed by atoms with E-state index in [-0.39, 0.29) is 29.0 Å². The Balaban J connectivity index is 1.51. The highest BCUT2D eigenvalue weighted by molar-refractivity contribution is 5.66. The minimum Gasteiger partial charge on any atom is -0.463 e. The van der Waals surface area contributed by atoms with Crippen molar-refractivity contribution in [1.29, 1.82) is 0 Å². The predicted octanol–water partition coefficient (Wildman–Crippen LogP) is 7.03. The van der Waals surface area contributed by atoms with Crippen molar-refractivity contribution in [3.63, 3.8) is 0 Å². The Morgan fingerprint density at radius 3 is 2.39 bits per heavy atom. The number of rotatable bonds is 5. The third-order valence-corrected chi connectivity index (χ3v) is 11.4. The molecule has 0 heterocycles. The number of carbonyl (C=O) groups excluding carboxylic acids is 1. The summed E-state index contributed by atoms with van der Waals surface area (Å²) in [5, 5.41) is 11.7. The number of allylic oxidation sites excluding steroid dienone is 2. The van der Waals surface area contributed by atoms with E-state index >= 15 is 0 Å². The SMILES string of the molecule is CC(=O)O[C@@H]1CC[C@@]2(C)[C@@H](CC[C@@H]3[C@@H]2[C@H](O)C[C@]2(C)[C@@H]([C@H](C)/C=C/[C@H](C)C(C)C)CC[C@@H]32)C1. The highest BCUT2D eigenvalue weighted by Crippen LogP contribution is 2.68. The van der Waals surface area contributed by atoms with Crippen molar-refractivity contribution in [3.8, 4) is 0 Å². The fourth-order valence-electron chi connectivity index (χ4n) is 9.29. The minimum atomic E-state index is -0.194. The molecule has 0 aromatic rings. The van der Waals surface area contributed by atoms with E-state index in [0.29, 0.717) is 41.4 Å². The molecule has 0 saturated heterocycles. The Hall–Kier alpha value is -0.830. The third kappa shape index (κ3) is 4.45. The van der Waals surface area contributed by atoms with Crippen LogP contribution < -0.4 is 0 Å². The van der Waals surface area contributed by atoms with Gasteiger partial charge >= 0.3 is 5.97 Å². The lowest BCUT2D eigenvalue weighted by molar-refractivity contribution is -0.185. The molecule has 188 valence electrons. The maximum absolute atomic E-state index is 11.7. The third-order valence-electron chi connectivity index (χ3n) is 11.4. The van der Waals surface area contributed by atoms with Gasteiger partial charge in [0.05, 0.1) is 6.10 Å². The Bertz CT molecular complexity index is 743. The highest BCUT2D eigenvalue weighted by Gasteiger charge is 2.63. The first kappa shape index (κ1) is 25.3. The van der Waals surface area contributed by atoms with Gasteiger partial charge in [0.25, 0.3) is 0 Å². The van der Waals surface area contributed by atoms with Crippen molar-refractivity contribution in [2.45, 2.75) is 112 Å². The van der Waals surface area contributed by atoms with Gasteiger partial charge in [-0.1, -0.05) is 53.7 Å². The number of aliphatic hydroxyl groups is 1. The molecule has 0 radical (unpaired) electrons. The van der Waals surface area contributed by atoms with Crippen LogP contribution in [0, 0.1) is 58.2 Å². The van der Waals surface area contributed by atoms with Crippen LogP contribution in [0.5, 0.6) is 0 Å². The van der Waals surface area contributed by atoms with E-state index in [2.05, 4.69) is 53.7 Å². The molecule has 4 fully saturated rings. The van der Waals surface area contributed by atoms with Crippen LogP contribution in [0.4, 0.5) is 0 Å². The van der Waals surface area contributed by atoms with Gasteiger partial charge in [0, 0.05) is 6.92 Å². The summed E-state index contributed by atoms with van der Waals surface area (Å²) in [5.74, 6) is 4.81. The lowest BCUT2D eigenvalue weighted by Crippen LogP contribution is -2.59. The maximum Gasteiger partial charge on any atom is 0.302 e. The number of fused-ring (bicyclic) bond motifs is 5. The van der Waals surface area contributed by atoms with Gasteiger partial charge in [-0.25, -0.2) is 0 Å². The molecule has 0 amide bonds. The molecule has 11 atom stereocenters. The largest absolute Gasteiger partial charge is 0.463 e. The number of ether oxygens (including phenoxy) is 1. The molecule has 0 bridgehead atoms. The average molecular weight is 459 g/mol. The summed E-state index contributed by atoms with van der Waals surface area (Å²) in [6.07, 6.45) is 14.0.